The highest BCUT2D eigenvalue weighted by Crippen LogP contribution is 2.19. The van der Waals surface area contributed by atoms with Crippen LogP contribution in [0.5, 0.6) is 0 Å². The summed E-state index contributed by atoms with van der Waals surface area (Å²) in [6.45, 7) is 4.80. The minimum atomic E-state index is -1.52. The zero-order chi connectivity index (χ0) is 65.4. The van der Waals surface area contributed by atoms with E-state index in [1.807, 2.05) is 21.1 Å². The molecule has 0 fully saturated rings. The fourth-order valence-corrected chi connectivity index (χ4v) is 10.9. The molecule has 90 heavy (non-hydrogen) atoms. The molecule has 520 valence electrons. The molecule has 2 atom stereocenters. The van der Waals surface area contributed by atoms with E-state index >= 15 is 0 Å². The van der Waals surface area contributed by atoms with Gasteiger partial charge in [0.2, 0.25) is 0 Å². The van der Waals surface area contributed by atoms with Crippen molar-refractivity contribution in [2.75, 3.05) is 47.5 Å². The Kier molecular flexibility index (Phi) is 68.1. The molecular weight excluding hydrogens is 1110 g/mol. The molecule has 0 spiro atoms. The van der Waals surface area contributed by atoms with Gasteiger partial charge < -0.3 is 28.5 Å². The van der Waals surface area contributed by atoms with Crippen LogP contribution in [-0.2, 0) is 33.3 Å². The summed E-state index contributed by atoms with van der Waals surface area (Å²) in [5.74, 6) is -2.00. The van der Waals surface area contributed by atoms with Gasteiger partial charge in [-0.1, -0.05) is 349 Å². The van der Waals surface area contributed by atoms with Gasteiger partial charge in [-0.3, -0.25) is 9.59 Å². The SMILES string of the molecule is CC/C=C\C/C=C\C/C=C\C/C=C\C/C=C\C/C=C\C/C=C\C/C=C\CCCCCCCCCCCCC(=O)OC(COC(=O)CCCCCCCCCCCCCCCCCCCCCCCCCCCCCCCC)COC(OCC[N+](C)(C)C)C(=O)O. The highest BCUT2D eigenvalue weighted by molar-refractivity contribution is 5.71. The van der Waals surface area contributed by atoms with E-state index in [0.717, 1.165) is 96.3 Å². The Morgan fingerprint density at radius 3 is 0.944 bits per heavy atom. The van der Waals surface area contributed by atoms with Crippen LogP contribution in [-0.4, -0.2) is 87.4 Å². The average molecular weight is 1260 g/mol. The summed E-state index contributed by atoms with van der Waals surface area (Å²) in [4.78, 5) is 37.7. The molecule has 1 N–H and O–H groups in total. The Morgan fingerprint density at radius 1 is 0.344 bits per heavy atom. The molecule has 0 aromatic heterocycles. The Labute approximate surface area is 556 Å². The number of quaternary nitrogens is 1. The molecule has 0 radical (unpaired) electrons. The van der Waals surface area contributed by atoms with E-state index in [1.54, 1.807) is 0 Å². The molecule has 0 amide bonds. The number of carbonyl (C=O) groups is 3. The number of unbranched alkanes of at least 4 members (excludes halogenated alkanes) is 39. The lowest BCUT2D eigenvalue weighted by atomic mass is 10.0. The van der Waals surface area contributed by atoms with Crippen molar-refractivity contribution in [1.82, 2.24) is 0 Å². The van der Waals surface area contributed by atoms with E-state index in [2.05, 4.69) is 111 Å². The van der Waals surface area contributed by atoms with Gasteiger partial charge in [0.15, 0.2) is 6.10 Å². The van der Waals surface area contributed by atoms with Gasteiger partial charge in [0.1, 0.15) is 13.2 Å². The molecule has 0 bridgehead atoms. The summed E-state index contributed by atoms with van der Waals surface area (Å²) in [5.41, 5.74) is 0. The number of hydrogen-bond acceptors (Lipinski definition) is 7. The number of allylic oxidation sites excluding steroid dienone is 16. The van der Waals surface area contributed by atoms with Crippen LogP contribution < -0.4 is 0 Å². The summed E-state index contributed by atoms with van der Waals surface area (Å²) in [7, 11) is 5.98. The Hall–Kier alpha value is -3.79. The zero-order valence-corrected chi connectivity index (χ0v) is 59.5. The molecule has 9 heteroatoms. The van der Waals surface area contributed by atoms with Gasteiger partial charge in [0.05, 0.1) is 34.4 Å². The summed E-state index contributed by atoms with van der Waals surface area (Å²) >= 11 is 0. The second-order valence-corrected chi connectivity index (χ2v) is 26.6. The number of likely N-dealkylation sites (N-methyl/N-ethyl adjacent to an activating group) is 1. The van der Waals surface area contributed by atoms with Gasteiger partial charge >= 0.3 is 17.9 Å². The molecule has 0 aliphatic rings. The molecule has 0 rings (SSSR count). The Bertz CT molecular complexity index is 1800. The van der Waals surface area contributed by atoms with E-state index in [0.29, 0.717) is 23.9 Å². The number of ether oxygens (including phenoxy) is 4. The minimum Gasteiger partial charge on any atom is -0.477 e. The Morgan fingerprint density at radius 2 is 0.633 bits per heavy atom. The molecule has 0 aromatic rings. The van der Waals surface area contributed by atoms with Crippen LogP contribution in [0.2, 0.25) is 0 Å². The van der Waals surface area contributed by atoms with Crippen LogP contribution in [0.4, 0.5) is 0 Å². The maximum Gasteiger partial charge on any atom is 0.361 e. The van der Waals surface area contributed by atoms with Gasteiger partial charge in [-0.15, -0.1) is 0 Å². The van der Waals surface area contributed by atoms with Crippen LogP contribution in [0.15, 0.2) is 97.2 Å². The van der Waals surface area contributed by atoms with Crippen molar-refractivity contribution < 1.29 is 42.9 Å². The van der Waals surface area contributed by atoms with Gasteiger partial charge in [-0.05, 0) is 77.0 Å². The highest BCUT2D eigenvalue weighted by atomic mass is 16.7. The summed E-state index contributed by atoms with van der Waals surface area (Å²) in [6, 6.07) is 0. The standard InChI is InChI=1S/C81H143NO8/c1-6-8-10-12-14-16-18-20-22-24-26-28-30-32-34-36-38-39-40-41-42-44-46-48-50-52-54-56-58-60-62-64-66-68-70-72-79(84)90-77(76-89-81(80(85)86)87-74-73-82(3,4)5)75-88-78(83)71-69-67-65-63-61-59-57-55-53-51-49-47-45-43-37-35-33-31-29-27-25-23-21-19-17-15-13-11-9-7-2/h8,10,14,16,20,22,26,28,32,34,38-39,41-42,46,48,77,81H,6-7,9,11-13,15,17-19,21,23-25,27,29-31,33,35-37,40,43-45,47,49-76H2,1-5H3/p+1/b10-8-,16-14-,22-20-,28-26-,34-32-,39-38-,42-41-,48-46-. The minimum absolute atomic E-state index is 0.184. The molecule has 2 unspecified atom stereocenters. The number of carboxylic acids is 1. The van der Waals surface area contributed by atoms with E-state index in [9.17, 15) is 19.5 Å². The van der Waals surface area contributed by atoms with E-state index in [1.165, 1.54) is 212 Å². The van der Waals surface area contributed by atoms with Crippen molar-refractivity contribution in [1.29, 1.82) is 0 Å². The molecule has 0 aromatic carbocycles. The number of hydrogen-bond donors (Lipinski definition) is 1. The van der Waals surface area contributed by atoms with Crippen molar-refractivity contribution in [3.8, 4) is 0 Å². The molecule has 9 nitrogen and oxygen atoms in total. The van der Waals surface area contributed by atoms with Crippen molar-refractivity contribution in [3.63, 3.8) is 0 Å². The van der Waals surface area contributed by atoms with Gasteiger partial charge in [0.25, 0.3) is 6.29 Å². The van der Waals surface area contributed by atoms with Crippen molar-refractivity contribution in [2.24, 2.45) is 0 Å². The first-order valence-corrected chi connectivity index (χ1v) is 37.9. The lowest BCUT2D eigenvalue weighted by molar-refractivity contribution is -0.870. The molecule has 0 aliphatic carbocycles. The van der Waals surface area contributed by atoms with Crippen LogP contribution in [0.1, 0.15) is 341 Å². The third-order valence-electron chi connectivity index (χ3n) is 16.6. The molecule has 0 saturated heterocycles. The quantitative estimate of drug-likeness (QED) is 0.0211. The van der Waals surface area contributed by atoms with E-state index < -0.39 is 24.3 Å². The number of nitrogens with zero attached hydrogens (tertiary/aromatic N) is 1. The summed E-state index contributed by atoms with van der Waals surface area (Å²) < 4.78 is 23.0. The normalized spacial score (nSPS) is 13.2. The van der Waals surface area contributed by atoms with Crippen LogP contribution in [0.25, 0.3) is 0 Å². The number of carboxylic acid groups (broad SMARTS) is 1. The van der Waals surface area contributed by atoms with E-state index in [4.69, 9.17) is 18.9 Å². The van der Waals surface area contributed by atoms with Crippen molar-refractivity contribution in [2.45, 2.75) is 354 Å². The number of aliphatic carboxylic acids is 1. The molecule has 0 saturated carbocycles. The predicted octanol–water partition coefficient (Wildman–Crippen LogP) is 24.0. The van der Waals surface area contributed by atoms with Crippen molar-refractivity contribution in [3.05, 3.63) is 97.2 Å². The van der Waals surface area contributed by atoms with Gasteiger partial charge in [-0.25, -0.2) is 4.79 Å². The van der Waals surface area contributed by atoms with Gasteiger partial charge in [0, 0.05) is 12.8 Å². The second kappa shape index (κ2) is 71.1. The smallest absolute Gasteiger partial charge is 0.361 e. The maximum atomic E-state index is 13.0. The first-order valence-electron chi connectivity index (χ1n) is 37.9. The average Bonchev–Trinajstić information content (AvgIpc) is 3.73. The molecule has 0 heterocycles. The zero-order valence-electron chi connectivity index (χ0n) is 59.5. The number of rotatable bonds is 70. The topological polar surface area (TPSA) is 108 Å². The molecule has 0 aliphatic heterocycles. The van der Waals surface area contributed by atoms with Crippen LogP contribution in [0.3, 0.4) is 0 Å². The number of esters is 2. The highest BCUT2D eigenvalue weighted by Gasteiger charge is 2.25. The van der Waals surface area contributed by atoms with Crippen molar-refractivity contribution >= 4 is 17.9 Å². The lowest BCUT2D eigenvalue weighted by Crippen LogP contribution is -2.40. The Balaban J connectivity index is 4.09. The van der Waals surface area contributed by atoms with Gasteiger partial charge in [-0.2, -0.15) is 0 Å². The van der Waals surface area contributed by atoms with Crippen LogP contribution >= 0.6 is 0 Å². The largest absolute Gasteiger partial charge is 0.477 e. The predicted molar refractivity (Wildman–Crippen MR) is 387 cm³/mol. The monoisotopic (exact) mass is 1260 g/mol. The summed E-state index contributed by atoms with van der Waals surface area (Å²) in [5, 5.41) is 9.76. The fourth-order valence-electron chi connectivity index (χ4n) is 10.9. The van der Waals surface area contributed by atoms with E-state index in [-0.39, 0.29) is 32.2 Å². The lowest BCUT2D eigenvalue weighted by Gasteiger charge is -2.25. The fraction of sp³-hybridized carbons (Fsp3) is 0.765. The summed E-state index contributed by atoms with van der Waals surface area (Å²) in [6.07, 6.45) is 95.4. The first kappa shape index (κ1) is 86.2. The first-order chi connectivity index (χ1) is 44.1. The molecular formula is C81H144NO8+. The second-order valence-electron chi connectivity index (χ2n) is 26.6. The number of carbonyl (C=O) groups excluding carboxylic acids is 2. The van der Waals surface area contributed by atoms with Crippen LogP contribution in [0, 0.1) is 0 Å². The third-order valence-corrected chi connectivity index (χ3v) is 16.6. The maximum absolute atomic E-state index is 13.0. The third kappa shape index (κ3) is 71.6.